The first-order valence-electron chi connectivity index (χ1n) is 12.2. The van der Waals surface area contributed by atoms with Crippen LogP contribution in [0.5, 0.6) is 0 Å². The summed E-state index contributed by atoms with van der Waals surface area (Å²) in [7, 11) is -5.31. The van der Waals surface area contributed by atoms with Crippen molar-refractivity contribution in [2.45, 2.75) is 77.7 Å². The molecule has 0 aliphatic carbocycles. The van der Waals surface area contributed by atoms with Gasteiger partial charge in [0.2, 0.25) is 0 Å². The molecule has 0 amide bonds. The Morgan fingerprint density at radius 1 is 0.707 bits per heavy atom. The molecule has 0 spiro atoms. The predicted molar refractivity (Wildman–Crippen MR) is 142 cm³/mol. The number of hydrogen-bond acceptors (Lipinski definition) is 8. The minimum atomic E-state index is -5.31. The molecule has 0 unspecified atom stereocenters. The maximum Gasteiger partial charge on any atom is 1.00 e. The van der Waals surface area contributed by atoms with E-state index in [-0.39, 0.29) is 65.5 Å². The second-order valence-electron chi connectivity index (χ2n) is 7.55. The molecule has 0 N–H and O–H groups in total. The number of unbranched alkanes of at least 4 members (excludes halogenated alkanes) is 7. The summed E-state index contributed by atoms with van der Waals surface area (Å²) < 4.78 is 24.9. The van der Waals surface area contributed by atoms with E-state index in [0.717, 1.165) is 25.7 Å². The van der Waals surface area contributed by atoms with Crippen LogP contribution in [0.15, 0.2) is 0 Å². The van der Waals surface area contributed by atoms with Crippen molar-refractivity contribution in [2.75, 3.05) is 13.2 Å². The van der Waals surface area contributed by atoms with Crippen molar-refractivity contribution >= 4 is 19.8 Å². The van der Waals surface area contributed by atoms with Crippen molar-refractivity contribution in [3.05, 3.63) is 0 Å². The molecule has 0 radical (unpaired) electrons. The summed E-state index contributed by atoms with van der Waals surface area (Å²) in [6.45, 7) is 2.47. The van der Waals surface area contributed by atoms with Crippen molar-refractivity contribution in [2.24, 2.45) is 0 Å². The van der Waals surface area contributed by atoms with Crippen LogP contribution in [0.2, 0.25) is 0 Å². The summed E-state index contributed by atoms with van der Waals surface area (Å²) in [5, 5.41) is 0. The minimum absolute atomic E-state index is 0. The number of phosphoric ester groups is 1. The molecular formula is C30H29Na2O8P. The predicted octanol–water partition coefficient (Wildman–Crippen LogP) is -4.13. The number of ether oxygens (including phenoxy) is 2. The molecule has 0 saturated carbocycles. The van der Waals surface area contributed by atoms with E-state index < -0.39 is 39.1 Å². The fourth-order valence-electron chi connectivity index (χ4n) is 2.60. The minimum Gasteiger partial charge on any atom is -0.790 e. The maximum absolute atomic E-state index is 12.1. The Morgan fingerprint density at radius 3 is 1.66 bits per heavy atom. The molecule has 204 valence electrons. The molecule has 0 aliphatic heterocycles. The molecule has 1 atom stereocenters. The number of rotatable bonds is 15. The van der Waals surface area contributed by atoms with Gasteiger partial charge in [-0.05, 0) is 84.4 Å². The smallest absolute Gasteiger partial charge is 0.790 e. The van der Waals surface area contributed by atoms with Gasteiger partial charge in [-0.25, -0.2) is 4.79 Å². The van der Waals surface area contributed by atoms with Crippen LogP contribution in [0.1, 0.15) is 71.6 Å². The second-order valence-corrected chi connectivity index (χ2v) is 8.71. The van der Waals surface area contributed by atoms with Crippen LogP contribution in [0.25, 0.3) is 0 Å². The Morgan fingerprint density at radius 2 is 1.17 bits per heavy atom. The van der Waals surface area contributed by atoms with Crippen molar-refractivity contribution < 1.29 is 97.1 Å². The zero-order chi connectivity index (χ0) is 29.0. The Balaban J connectivity index is -0.00000722. The first-order chi connectivity index (χ1) is 18.8. The first-order valence-corrected chi connectivity index (χ1v) is 13.7. The third kappa shape index (κ3) is 34.1. The van der Waals surface area contributed by atoms with Gasteiger partial charge in [0.1, 0.15) is 6.61 Å². The molecule has 0 saturated heterocycles. The van der Waals surface area contributed by atoms with Crippen LogP contribution in [0, 0.1) is 82.9 Å². The van der Waals surface area contributed by atoms with E-state index in [0.29, 0.717) is 6.42 Å². The standard InChI is InChI=1S/C30H31O8P.2Na/c1-3-5-7-9-11-13-14-15-16-17-19-20-22-24-29(31)36-26-28(27-37-39(33,34)35)38-30(32)25-23-21-18-12-10-8-6-4-2;;/h28H,4,6,8,10,12,18,21,23,25-27H2,1-2H3,(H2,33,34,35);;/q;2*+1/p-2/t28-;;/m1../s1. The van der Waals surface area contributed by atoms with E-state index in [9.17, 15) is 23.9 Å². The summed E-state index contributed by atoms with van der Waals surface area (Å²) in [4.78, 5) is 45.4. The molecule has 0 bridgehead atoms. The maximum atomic E-state index is 12.1. The van der Waals surface area contributed by atoms with Crippen LogP contribution in [0.3, 0.4) is 0 Å². The summed E-state index contributed by atoms with van der Waals surface area (Å²) in [5.41, 5.74) is 0. The number of hydrogen-bond donors (Lipinski definition) is 0. The topological polar surface area (TPSA) is 125 Å². The van der Waals surface area contributed by atoms with E-state index in [1.165, 1.54) is 19.3 Å². The zero-order valence-corrected chi connectivity index (χ0v) is 29.0. The summed E-state index contributed by atoms with van der Waals surface area (Å²) in [6.07, 6.45) is 7.09. The molecule has 0 aromatic carbocycles. The van der Waals surface area contributed by atoms with Gasteiger partial charge in [-0.2, -0.15) is 0 Å². The van der Waals surface area contributed by atoms with Crippen LogP contribution in [-0.2, 0) is 28.2 Å². The molecule has 8 nitrogen and oxygen atoms in total. The molecule has 0 fully saturated rings. The van der Waals surface area contributed by atoms with Crippen LogP contribution in [-0.4, -0.2) is 31.3 Å². The molecule has 11 heteroatoms. The quantitative estimate of drug-likeness (QED) is 0.0468. The normalized spacial score (nSPS) is 9.07. The van der Waals surface area contributed by atoms with Crippen LogP contribution < -0.4 is 68.9 Å². The molecule has 0 aliphatic rings. The van der Waals surface area contributed by atoms with Crippen LogP contribution in [0.4, 0.5) is 0 Å². The summed E-state index contributed by atoms with van der Waals surface area (Å²) >= 11 is 0. The largest absolute Gasteiger partial charge is 1.00 e. The van der Waals surface area contributed by atoms with Crippen molar-refractivity contribution in [1.82, 2.24) is 0 Å². The average Bonchev–Trinajstić information content (AvgIpc) is 2.89. The van der Waals surface area contributed by atoms with Gasteiger partial charge in [-0.1, -0.05) is 57.8 Å². The summed E-state index contributed by atoms with van der Waals surface area (Å²) in [6, 6.07) is 0. The van der Waals surface area contributed by atoms with Crippen molar-refractivity contribution in [3.63, 3.8) is 0 Å². The zero-order valence-electron chi connectivity index (χ0n) is 24.1. The second kappa shape index (κ2) is 30.9. The number of carbonyl (C=O) groups excluding carboxylic acids is 2. The number of esters is 2. The van der Waals surface area contributed by atoms with Gasteiger partial charge in [0.25, 0.3) is 0 Å². The molecule has 0 heterocycles. The molecule has 0 aromatic heterocycles. The Hall–Kier alpha value is -2.03. The average molecular weight is 595 g/mol. The molecule has 0 rings (SSSR count). The fourth-order valence-corrected chi connectivity index (χ4v) is 2.95. The fraction of sp³-hybridized carbons (Fsp3) is 0.467. The monoisotopic (exact) mass is 594 g/mol. The van der Waals surface area contributed by atoms with E-state index in [1.54, 1.807) is 6.92 Å². The van der Waals surface area contributed by atoms with Gasteiger partial charge in [0.05, 0.1) is 14.4 Å². The van der Waals surface area contributed by atoms with E-state index in [1.807, 2.05) is 0 Å². The van der Waals surface area contributed by atoms with E-state index in [2.05, 4.69) is 94.3 Å². The van der Waals surface area contributed by atoms with Gasteiger partial charge in [0.15, 0.2) is 6.10 Å². The first kappa shape index (κ1) is 43.4. The van der Waals surface area contributed by atoms with E-state index >= 15 is 0 Å². The Bertz CT molecular complexity index is 1290. The van der Waals surface area contributed by atoms with Gasteiger partial charge in [-0.3, -0.25) is 4.79 Å². The molecular weight excluding hydrogens is 565 g/mol. The van der Waals surface area contributed by atoms with Crippen molar-refractivity contribution in [1.29, 1.82) is 0 Å². The third-order valence-electron chi connectivity index (χ3n) is 4.33. The van der Waals surface area contributed by atoms with Gasteiger partial charge in [0, 0.05) is 12.3 Å². The number of phosphoric acid groups is 1. The van der Waals surface area contributed by atoms with Crippen LogP contribution >= 0.6 is 7.82 Å². The number of carbonyl (C=O) groups is 2. The van der Waals surface area contributed by atoms with Gasteiger partial charge < -0.3 is 28.3 Å². The van der Waals surface area contributed by atoms with Crippen molar-refractivity contribution in [3.8, 4) is 82.9 Å². The summed E-state index contributed by atoms with van der Waals surface area (Å²) in [5.74, 6) is 32.0. The van der Waals surface area contributed by atoms with E-state index in [4.69, 9.17) is 9.47 Å². The Labute approximate surface area is 288 Å². The molecule has 41 heavy (non-hydrogen) atoms. The Kier molecular flexibility index (Phi) is 32.7. The van der Waals surface area contributed by atoms with Gasteiger partial charge in [-0.15, -0.1) is 0 Å². The molecule has 0 aromatic rings. The van der Waals surface area contributed by atoms with Gasteiger partial charge >= 0.3 is 71.1 Å². The third-order valence-corrected chi connectivity index (χ3v) is 4.79. The SMILES string of the molecule is CC#CC#CC#CC#CC#CC#CC#CC(=O)OC[C@H](COP(=O)([O-])[O-])OC(=O)CCCCCCCCCC.[Na+].[Na+].